The molecule has 1 aromatic rings. The predicted octanol–water partition coefficient (Wildman–Crippen LogP) is 2.31. The number of amides is 1. The fraction of sp³-hybridized carbons (Fsp3) is 0.417. The number of rotatable bonds is 4. The number of benzene rings is 1. The van der Waals surface area contributed by atoms with Crippen LogP contribution in [0.15, 0.2) is 18.2 Å². The molecule has 1 fully saturated rings. The van der Waals surface area contributed by atoms with Gasteiger partial charge in [0, 0.05) is 40.7 Å². The number of nitro benzene ring substituents is 1. The Hall–Kier alpha value is -1.28. The van der Waals surface area contributed by atoms with Gasteiger partial charge in [0.15, 0.2) is 0 Å². The number of nitrogens with one attached hydrogen (secondary N) is 1. The first-order chi connectivity index (χ1) is 9.58. The standard InChI is InChI=1S/C12H13FN2O3S2/c13-10-2-1-8(5-11(10)15(17)18)12(16)14-6-9-7-19-3-4-20-9/h1-2,5,9H,3-4,6-7H2,(H,14,16). The second kappa shape index (κ2) is 6.94. The van der Waals surface area contributed by atoms with Gasteiger partial charge in [0.2, 0.25) is 5.82 Å². The third-order valence-corrected chi connectivity index (χ3v) is 5.63. The average Bonchev–Trinajstić information content (AvgIpc) is 2.46. The third-order valence-electron chi connectivity index (χ3n) is 2.78. The van der Waals surface area contributed by atoms with Crippen LogP contribution in [0.4, 0.5) is 10.1 Å². The average molecular weight is 316 g/mol. The summed E-state index contributed by atoms with van der Waals surface area (Å²) in [5.41, 5.74) is -0.577. The molecule has 1 atom stereocenters. The molecule has 1 heterocycles. The van der Waals surface area contributed by atoms with E-state index >= 15 is 0 Å². The lowest BCUT2D eigenvalue weighted by Crippen LogP contribution is -2.33. The van der Waals surface area contributed by atoms with E-state index in [1.165, 1.54) is 6.07 Å². The van der Waals surface area contributed by atoms with Gasteiger partial charge in [-0.05, 0) is 12.1 Å². The maximum atomic E-state index is 13.2. The lowest BCUT2D eigenvalue weighted by molar-refractivity contribution is -0.387. The highest BCUT2D eigenvalue weighted by Gasteiger charge is 2.19. The maximum Gasteiger partial charge on any atom is 0.305 e. The molecule has 0 radical (unpaired) electrons. The lowest BCUT2D eigenvalue weighted by Gasteiger charge is -2.21. The van der Waals surface area contributed by atoms with Crippen molar-refractivity contribution < 1.29 is 14.1 Å². The molecule has 0 spiro atoms. The van der Waals surface area contributed by atoms with Crippen molar-refractivity contribution in [2.45, 2.75) is 5.25 Å². The number of nitrogens with zero attached hydrogens (tertiary/aromatic N) is 1. The quantitative estimate of drug-likeness (QED) is 0.682. The highest BCUT2D eigenvalue weighted by Crippen LogP contribution is 2.23. The fourth-order valence-electron chi connectivity index (χ4n) is 1.76. The molecule has 108 valence electrons. The van der Waals surface area contributed by atoms with Crippen LogP contribution < -0.4 is 5.32 Å². The minimum atomic E-state index is -0.939. The van der Waals surface area contributed by atoms with Gasteiger partial charge in [0.1, 0.15) is 0 Å². The van der Waals surface area contributed by atoms with Crippen LogP contribution in [-0.2, 0) is 0 Å². The van der Waals surface area contributed by atoms with E-state index in [4.69, 9.17) is 0 Å². The van der Waals surface area contributed by atoms with Crippen LogP contribution in [0.1, 0.15) is 10.4 Å². The van der Waals surface area contributed by atoms with Gasteiger partial charge < -0.3 is 5.32 Å². The van der Waals surface area contributed by atoms with Crippen molar-refractivity contribution in [3.05, 3.63) is 39.7 Å². The Bertz CT molecular complexity index is 521. The molecule has 5 nitrogen and oxygen atoms in total. The van der Waals surface area contributed by atoms with Crippen molar-refractivity contribution in [3.63, 3.8) is 0 Å². The Labute approximate surface area is 123 Å². The van der Waals surface area contributed by atoms with Crippen molar-refractivity contribution in [1.82, 2.24) is 5.32 Å². The number of carbonyl (C=O) groups excluding carboxylic acids is 1. The van der Waals surface area contributed by atoms with Gasteiger partial charge in [-0.3, -0.25) is 14.9 Å². The number of thioether (sulfide) groups is 2. The number of nitro groups is 1. The molecular weight excluding hydrogens is 303 g/mol. The summed E-state index contributed by atoms with van der Waals surface area (Å²) < 4.78 is 13.2. The summed E-state index contributed by atoms with van der Waals surface area (Å²) >= 11 is 3.65. The Morgan fingerprint density at radius 1 is 1.50 bits per heavy atom. The van der Waals surface area contributed by atoms with E-state index in [-0.39, 0.29) is 5.56 Å². The summed E-state index contributed by atoms with van der Waals surface area (Å²) in [5.74, 6) is 1.82. The van der Waals surface area contributed by atoms with Crippen LogP contribution in [0, 0.1) is 15.9 Å². The smallest absolute Gasteiger partial charge is 0.305 e. The molecule has 0 bridgehead atoms. The number of halogens is 1. The lowest BCUT2D eigenvalue weighted by atomic mass is 10.2. The SMILES string of the molecule is O=C(NCC1CSCCS1)c1ccc(F)c([N+](=O)[O-])c1. The van der Waals surface area contributed by atoms with Gasteiger partial charge in [-0.25, -0.2) is 0 Å². The van der Waals surface area contributed by atoms with Crippen LogP contribution in [0.2, 0.25) is 0 Å². The molecule has 1 aliphatic rings. The summed E-state index contributed by atoms with van der Waals surface area (Å²) in [6, 6.07) is 3.16. The van der Waals surface area contributed by atoms with Crippen molar-refractivity contribution in [3.8, 4) is 0 Å². The molecule has 1 unspecified atom stereocenters. The fourth-order valence-corrected chi connectivity index (χ4v) is 4.37. The summed E-state index contributed by atoms with van der Waals surface area (Å²) in [5, 5.41) is 13.7. The van der Waals surface area contributed by atoms with Gasteiger partial charge in [-0.2, -0.15) is 27.9 Å². The van der Waals surface area contributed by atoms with Gasteiger partial charge >= 0.3 is 5.69 Å². The highest BCUT2D eigenvalue weighted by atomic mass is 32.2. The summed E-state index contributed by atoms with van der Waals surface area (Å²) in [6.45, 7) is 0.516. The molecule has 1 aliphatic heterocycles. The van der Waals surface area contributed by atoms with Crippen molar-refractivity contribution in [2.24, 2.45) is 0 Å². The van der Waals surface area contributed by atoms with Crippen molar-refractivity contribution in [2.75, 3.05) is 23.8 Å². The second-order valence-corrected chi connectivity index (χ2v) is 6.76. The van der Waals surface area contributed by atoms with Crippen molar-refractivity contribution in [1.29, 1.82) is 0 Å². The van der Waals surface area contributed by atoms with E-state index in [1.807, 2.05) is 23.5 Å². The zero-order valence-corrected chi connectivity index (χ0v) is 12.1. The van der Waals surface area contributed by atoms with Crippen LogP contribution in [0.25, 0.3) is 0 Å². The molecule has 0 aromatic heterocycles. The minimum absolute atomic E-state index is 0.103. The zero-order chi connectivity index (χ0) is 14.5. The molecule has 1 saturated heterocycles. The second-order valence-electron chi connectivity index (χ2n) is 4.20. The van der Waals surface area contributed by atoms with E-state index < -0.39 is 22.3 Å². The largest absolute Gasteiger partial charge is 0.351 e. The van der Waals surface area contributed by atoms with E-state index in [0.29, 0.717) is 11.8 Å². The Balaban J connectivity index is 1.98. The van der Waals surface area contributed by atoms with Gasteiger partial charge in [0.05, 0.1) is 4.92 Å². The molecular formula is C12H13FN2O3S2. The highest BCUT2D eigenvalue weighted by molar-refractivity contribution is 8.06. The maximum absolute atomic E-state index is 13.2. The molecule has 1 amide bonds. The van der Waals surface area contributed by atoms with Gasteiger partial charge in [0.25, 0.3) is 5.91 Å². The predicted molar refractivity (Wildman–Crippen MR) is 79.0 cm³/mol. The van der Waals surface area contributed by atoms with E-state index in [2.05, 4.69) is 5.32 Å². The first-order valence-electron chi connectivity index (χ1n) is 5.99. The molecule has 0 aliphatic carbocycles. The first-order valence-corrected chi connectivity index (χ1v) is 8.20. The summed E-state index contributed by atoms with van der Waals surface area (Å²) in [4.78, 5) is 21.7. The Morgan fingerprint density at radius 2 is 2.30 bits per heavy atom. The normalized spacial score (nSPS) is 18.6. The van der Waals surface area contributed by atoms with Crippen molar-refractivity contribution >= 4 is 35.1 Å². The monoisotopic (exact) mass is 316 g/mol. The molecule has 2 rings (SSSR count). The third kappa shape index (κ3) is 3.86. The van der Waals surface area contributed by atoms with Crippen LogP contribution in [-0.4, -0.2) is 39.9 Å². The number of hydrogen-bond acceptors (Lipinski definition) is 5. The Morgan fingerprint density at radius 3 is 2.95 bits per heavy atom. The topological polar surface area (TPSA) is 72.2 Å². The number of hydrogen-bond donors (Lipinski definition) is 1. The minimum Gasteiger partial charge on any atom is -0.351 e. The molecule has 8 heteroatoms. The number of carbonyl (C=O) groups is 1. The Kier molecular flexibility index (Phi) is 5.24. The van der Waals surface area contributed by atoms with Crippen LogP contribution in [0.5, 0.6) is 0 Å². The van der Waals surface area contributed by atoms with E-state index in [9.17, 15) is 19.3 Å². The van der Waals surface area contributed by atoms with E-state index in [0.717, 1.165) is 29.4 Å². The molecule has 20 heavy (non-hydrogen) atoms. The zero-order valence-electron chi connectivity index (χ0n) is 10.5. The van der Waals surface area contributed by atoms with Gasteiger partial charge in [-0.1, -0.05) is 0 Å². The summed E-state index contributed by atoms with van der Waals surface area (Å²) in [6.07, 6.45) is 0. The molecule has 1 N–H and O–H groups in total. The molecule has 0 saturated carbocycles. The first kappa shape index (κ1) is 15.1. The van der Waals surface area contributed by atoms with E-state index in [1.54, 1.807) is 0 Å². The molecule has 1 aromatic carbocycles. The van der Waals surface area contributed by atoms with Crippen LogP contribution >= 0.6 is 23.5 Å². The van der Waals surface area contributed by atoms with Crippen LogP contribution in [0.3, 0.4) is 0 Å². The summed E-state index contributed by atoms with van der Waals surface area (Å²) in [7, 11) is 0. The van der Waals surface area contributed by atoms with Gasteiger partial charge in [-0.15, -0.1) is 0 Å².